The molecule has 5 nitrogen and oxygen atoms in total. The minimum atomic E-state index is -1.40. The highest BCUT2D eigenvalue weighted by molar-refractivity contribution is 5.31. The van der Waals surface area contributed by atoms with Gasteiger partial charge in [-0.25, -0.2) is 0 Å². The van der Waals surface area contributed by atoms with Crippen LogP contribution in [0.15, 0.2) is 24.8 Å². The van der Waals surface area contributed by atoms with Gasteiger partial charge in [0.2, 0.25) is 0 Å². The molecule has 0 amide bonds. The Kier molecular flexibility index (Phi) is 11.9. The number of rotatable bonds is 11. The maximum absolute atomic E-state index is 12.1. The second-order valence-corrected chi connectivity index (χ2v) is 11.8. The number of fused-ring (bicyclic) bond motifs is 1. The van der Waals surface area contributed by atoms with Gasteiger partial charge in [-0.2, -0.15) is 0 Å². The van der Waals surface area contributed by atoms with Crippen molar-refractivity contribution >= 4 is 0 Å². The summed E-state index contributed by atoms with van der Waals surface area (Å²) < 4.78 is 6.64. The molecule has 8 atom stereocenters. The quantitative estimate of drug-likeness (QED) is 0.179. The van der Waals surface area contributed by atoms with E-state index in [1.54, 1.807) is 6.92 Å². The van der Waals surface area contributed by atoms with E-state index < -0.39 is 41.0 Å². The summed E-state index contributed by atoms with van der Waals surface area (Å²) in [5.41, 5.74) is -3.63. The molecule has 0 radical (unpaired) electrons. The van der Waals surface area contributed by atoms with Crippen LogP contribution in [0.2, 0.25) is 0 Å². The van der Waals surface area contributed by atoms with Crippen LogP contribution in [0.4, 0.5) is 0 Å². The molecule has 4 N–H and O–H groups in total. The van der Waals surface area contributed by atoms with Crippen molar-refractivity contribution in [2.45, 2.75) is 134 Å². The summed E-state index contributed by atoms with van der Waals surface area (Å²) in [6.45, 7) is 13.5. The molecule has 2 rings (SSSR count). The van der Waals surface area contributed by atoms with Crippen LogP contribution in [-0.4, -0.2) is 55.5 Å². The van der Waals surface area contributed by atoms with Crippen molar-refractivity contribution in [2.24, 2.45) is 17.8 Å². The van der Waals surface area contributed by atoms with E-state index in [0.29, 0.717) is 25.7 Å². The third kappa shape index (κ3) is 7.95. The van der Waals surface area contributed by atoms with Crippen molar-refractivity contribution in [2.75, 3.05) is 0 Å². The van der Waals surface area contributed by atoms with Crippen LogP contribution in [0.1, 0.15) is 98.8 Å². The Hall–Kier alpha value is -1.60. The molecule has 5 heteroatoms. The molecular formula is C32H50O5. The highest BCUT2D eigenvalue weighted by atomic mass is 16.5. The smallest absolute Gasteiger partial charge is 0.138 e. The molecule has 2 aliphatic rings. The summed E-state index contributed by atoms with van der Waals surface area (Å²) in [4.78, 5) is 0. The lowest BCUT2D eigenvalue weighted by molar-refractivity contribution is -0.222. The molecule has 0 heterocycles. The van der Waals surface area contributed by atoms with E-state index in [9.17, 15) is 20.4 Å². The predicted molar refractivity (Wildman–Crippen MR) is 149 cm³/mol. The van der Waals surface area contributed by atoms with Gasteiger partial charge in [-0.1, -0.05) is 77.0 Å². The summed E-state index contributed by atoms with van der Waals surface area (Å²) in [5, 5.41) is 44.4. The first-order valence-corrected chi connectivity index (χ1v) is 14.2. The molecule has 2 fully saturated rings. The fourth-order valence-electron chi connectivity index (χ4n) is 6.24. The minimum absolute atomic E-state index is 0.0546. The fourth-order valence-corrected chi connectivity index (χ4v) is 6.24. The lowest BCUT2D eigenvalue weighted by Gasteiger charge is -2.48. The first-order valence-electron chi connectivity index (χ1n) is 14.2. The monoisotopic (exact) mass is 514 g/mol. The van der Waals surface area contributed by atoms with E-state index in [0.717, 1.165) is 12.8 Å². The van der Waals surface area contributed by atoms with Gasteiger partial charge in [0.1, 0.15) is 17.8 Å². The van der Waals surface area contributed by atoms with Crippen molar-refractivity contribution in [3.05, 3.63) is 24.8 Å². The van der Waals surface area contributed by atoms with Crippen LogP contribution in [0.5, 0.6) is 0 Å². The van der Waals surface area contributed by atoms with Crippen molar-refractivity contribution < 1.29 is 25.2 Å². The number of hydrogen-bond donors (Lipinski definition) is 4. The maximum Gasteiger partial charge on any atom is 0.138 e. The zero-order valence-electron chi connectivity index (χ0n) is 23.7. The van der Waals surface area contributed by atoms with Gasteiger partial charge in [-0.05, 0) is 82.1 Å². The molecule has 0 aromatic rings. The number of unbranched alkanes of at least 4 members (excludes halogenated alkanes) is 5. The summed E-state index contributed by atoms with van der Waals surface area (Å²) in [5.74, 6) is 10.5. The van der Waals surface area contributed by atoms with Gasteiger partial charge in [0.25, 0.3) is 0 Å². The lowest BCUT2D eigenvalue weighted by atomic mass is 9.70. The Morgan fingerprint density at radius 3 is 2.35 bits per heavy atom. The summed E-state index contributed by atoms with van der Waals surface area (Å²) in [6, 6.07) is 0. The van der Waals surface area contributed by atoms with Crippen molar-refractivity contribution in [1.82, 2.24) is 0 Å². The molecule has 37 heavy (non-hydrogen) atoms. The van der Waals surface area contributed by atoms with Crippen molar-refractivity contribution in [1.29, 1.82) is 0 Å². The molecule has 0 aromatic carbocycles. The van der Waals surface area contributed by atoms with Crippen LogP contribution in [0.3, 0.4) is 0 Å². The van der Waals surface area contributed by atoms with Crippen LogP contribution in [0.25, 0.3) is 0 Å². The Balaban J connectivity index is 2.34. The van der Waals surface area contributed by atoms with Crippen molar-refractivity contribution in [3.63, 3.8) is 0 Å². The lowest BCUT2D eigenvalue weighted by Crippen LogP contribution is -2.61. The predicted octanol–water partition coefficient (Wildman–Crippen LogP) is 4.92. The average molecular weight is 515 g/mol. The highest BCUT2D eigenvalue weighted by Crippen LogP contribution is 2.57. The van der Waals surface area contributed by atoms with Gasteiger partial charge in [0.05, 0.1) is 17.3 Å². The van der Waals surface area contributed by atoms with E-state index in [1.807, 2.05) is 13.0 Å². The third-order valence-electron chi connectivity index (χ3n) is 8.60. The second kappa shape index (κ2) is 14.0. The Bertz CT molecular complexity index is 884. The summed E-state index contributed by atoms with van der Waals surface area (Å²) >= 11 is 0. The Morgan fingerprint density at radius 2 is 1.70 bits per heavy atom. The molecule has 0 spiro atoms. The van der Waals surface area contributed by atoms with Gasteiger partial charge in [0, 0.05) is 5.92 Å². The standard InChI is InChI=1S/C32H50O5/c1-7-9-10-11-12-13-14-18-26(19-16-15-17-25(33)8-2)37-31(6)21-20-27(24(3)4)28(34)29-30(5,35)22-23-32(29,31)36/h8,14,18,24-29,33-36H,2,7,9-13,20-23H2,1,3-6H3/b18-14-/t25-,26+,27+,28-,29-,30+,31-,32+/m1/s1. The SMILES string of the molecule is C=C[C@@H](O)C#CC#C[C@H](/C=C\CCCCCCC)O[C@]1(C)CC[C@@H](C(C)C)[C@@H](O)[C@@H]2[C@@](C)(O)CC[C@]21O. The van der Waals surface area contributed by atoms with Crippen LogP contribution >= 0.6 is 0 Å². The molecule has 0 saturated heterocycles. The first kappa shape index (κ1) is 31.6. The van der Waals surface area contributed by atoms with Gasteiger partial charge < -0.3 is 25.2 Å². The fraction of sp³-hybridized carbons (Fsp3) is 0.750. The van der Waals surface area contributed by atoms with Crippen LogP contribution < -0.4 is 0 Å². The van der Waals surface area contributed by atoms with E-state index in [2.05, 4.69) is 57.1 Å². The Labute approximate surface area is 225 Å². The first-order chi connectivity index (χ1) is 17.4. The third-order valence-corrected chi connectivity index (χ3v) is 8.60. The van der Waals surface area contributed by atoms with Gasteiger partial charge in [0.15, 0.2) is 0 Å². The topological polar surface area (TPSA) is 90.2 Å². The minimum Gasteiger partial charge on any atom is -0.392 e. The van der Waals surface area contributed by atoms with E-state index in [1.165, 1.54) is 31.8 Å². The number of aliphatic hydroxyl groups is 4. The number of allylic oxidation sites excluding steroid dienone is 1. The number of aliphatic hydroxyl groups excluding tert-OH is 2. The van der Waals surface area contributed by atoms with E-state index in [4.69, 9.17) is 4.74 Å². The Morgan fingerprint density at radius 1 is 1.03 bits per heavy atom. The molecule has 2 saturated carbocycles. The van der Waals surface area contributed by atoms with Gasteiger partial charge >= 0.3 is 0 Å². The molecule has 2 aliphatic carbocycles. The van der Waals surface area contributed by atoms with E-state index in [-0.39, 0.29) is 11.8 Å². The normalized spacial score (nSPS) is 35.1. The molecule has 208 valence electrons. The van der Waals surface area contributed by atoms with Crippen molar-refractivity contribution in [3.8, 4) is 23.7 Å². The highest BCUT2D eigenvalue weighted by Gasteiger charge is 2.67. The molecule has 0 aromatic heterocycles. The summed E-state index contributed by atoms with van der Waals surface area (Å²) in [7, 11) is 0. The van der Waals surface area contributed by atoms with Gasteiger partial charge in [-0.15, -0.1) is 0 Å². The molecular weight excluding hydrogens is 464 g/mol. The number of hydrogen-bond acceptors (Lipinski definition) is 5. The number of ether oxygens (including phenoxy) is 1. The molecule has 0 aliphatic heterocycles. The second-order valence-electron chi connectivity index (χ2n) is 11.8. The zero-order chi connectivity index (χ0) is 27.7. The molecule has 0 unspecified atom stereocenters. The van der Waals surface area contributed by atoms with Crippen LogP contribution in [-0.2, 0) is 4.74 Å². The van der Waals surface area contributed by atoms with Gasteiger partial charge in [-0.3, -0.25) is 0 Å². The largest absolute Gasteiger partial charge is 0.392 e. The van der Waals surface area contributed by atoms with E-state index >= 15 is 0 Å². The summed E-state index contributed by atoms with van der Waals surface area (Å²) in [6.07, 6.45) is 11.8. The average Bonchev–Trinajstić information content (AvgIpc) is 3.05. The molecule has 0 bridgehead atoms. The zero-order valence-corrected chi connectivity index (χ0v) is 23.7. The maximum atomic E-state index is 12.1. The van der Waals surface area contributed by atoms with Crippen LogP contribution in [0, 0.1) is 41.4 Å².